The molecule has 0 aliphatic carbocycles. The largest absolute Gasteiger partial charge is 0.507 e. The SMILES string of the molecule is CCOc1cc(C2c3c(-c4c(C)cc(C)cc4O)n[nH]c3C(=O)N2CCO)ccc1O. The first-order valence-corrected chi connectivity index (χ1v) is 10.1. The molecule has 0 bridgehead atoms. The van der Waals surface area contributed by atoms with Crippen molar-refractivity contribution < 1.29 is 24.9 Å². The average molecular weight is 423 g/mol. The molecule has 1 aliphatic rings. The summed E-state index contributed by atoms with van der Waals surface area (Å²) in [7, 11) is 0. The number of carbonyl (C=O) groups excluding carboxylic acids is 1. The zero-order valence-corrected chi connectivity index (χ0v) is 17.6. The first-order valence-electron chi connectivity index (χ1n) is 10.1. The molecule has 3 aromatic rings. The summed E-state index contributed by atoms with van der Waals surface area (Å²) < 4.78 is 5.53. The monoisotopic (exact) mass is 423 g/mol. The van der Waals surface area contributed by atoms with E-state index in [1.165, 1.54) is 6.07 Å². The van der Waals surface area contributed by atoms with Gasteiger partial charge in [0, 0.05) is 17.7 Å². The molecule has 2 heterocycles. The van der Waals surface area contributed by atoms with E-state index in [0.717, 1.165) is 11.1 Å². The van der Waals surface area contributed by atoms with Gasteiger partial charge in [0.1, 0.15) is 17.1 Å². The maximum atomic E-state index is 13.1. The number of H-pyrrole nitrogens is 1. The van der Waals surface area contributed by atoms with E-state index >= 15 is 0 Å². The van der Waals surface area contributed by atoms with Crippen LogP contribution in [0, 0.1) is 13.8 Å². The number of fused-ring (bicyclic) bond motifs is 1. The highest BCUT2D eigenvalue weighted by molar-refractivity contribution is 6.00. The zero-order valence-electron chi connectivity index (χ0n) is 17.6. The van der Waals surface area contributed by atoms with Gasteiger partial charge in [-0.1, -0.05) is 12.1 Å². The van der Waals surface area contributed by atoms with Crippen LogP contribution in [0.2, 0.25) is 0 Å². The number of β-amino-alcohol motifs (C(OH)–C–C–N with tert-alkyl or cyclic N) is 1. The fourth-order valence-electron chi connectivity index (χ4n) is 4.30. The lowest BCUT2D eigenvalue weighted by molar-refractivity contribution is 0.0706. The molecule has 8 nitrogen and oxygen atoms in total. The van der Waals surface area contributed by atoms with Crippen molar-refractivity contribution in [2.24, 2.45) is 0 Å². The topological polar surface area (TPSA) is 119 Å². The number of aromatic amines is 1. The minimum absolute atomic E-state index is 0.00305. The van der Waals surface area contributed by atoms with Gasteiger partial charge in [0.2, 0.25) is 0 Å². The second-order valence-corrected chi connectivity index (χ2v) is 7.62. The van der Waals surface area contributed by atoms with Crippen LogP contribution >= 0.6 is 0 Å². The molecular formula is C23H25N3O5. The van der Waals surface area contributed by atoms with Crippen molar-refractivity contribution in [1.29, 1.82) is 0 Å². The third kappa shape index (κ3) is 3.38. The van der Waals surface area contributed by atoms with Crippen LogP contribution in [-0.4, -0.2) is 56.1 Å². The molecule has 0 fully saturated rings. The maximum Gasteiger partial charge on any atom is 0.273 e. The summed E-state index contributed by atoms with van der Waals surface area (Å²) in [5.74, 6) is 0.106. The van der Waals surface area contributed by atoms with Gasteiger partial charge in [-0.25, -0.2) is 0 Å². The number of amides is 1. The number of aromatic hydroxyl groups is 2. The minimum atomic E-state index is -0.566. The van der Waals surface area contributed by atoms with Gasteiger partial charge in [-0.15, -0.1) is 0 Å². The Kier molecular flexibility index (Phi) is 5.32. The molecule has 1 amide bonds. The Balaban J connectivity index is 1.93. The van der Waals surface area contributed by atoms with Crippen molar-refractivity contribution in [3.8, 4) is 28.5 Å². The van der Waals surface area contributed by atoms with Gasteiger partial charge in [-0.3, -0.25) is 9.89 Å². The number of nitrogens with zero attached hydrogens (tertiary/aromatic N) is 2. The fourth-order valence-corrected chi connectivity index (χ4v) is 4.30. The number of hydrogen-bond donors (Lipinski definition) is 4. The molecule has 8 heteroatoms. The third-order valence-electron chi connectivity index (χ3n) is 5.50. The number of hydrogen-bond acceptors (Lipinski definition) is 6. The maximum absolute atomic E-state index is 13.1. The number of aliphatic hydroxyl groups excluding tert-OH is 1. The zero-order chi connectivity index (χ0) is 22.3. The van der Waals surface area contributed by atoms with Crippen LogP contribution in [0.25, 0.3) is 11.3 Å². The molecule has 4 rings (SSSR count). The number of phenolic OH excluding ortho intramolecular Hbond substituents is 2. The highest BCUT2D eigenvalue weighted by atomic mass is 16.5. The normalized spacial score (nSPS) is 15.4. The van der Waals surface area contributed by atoms with E-state index in [1.54, 1.807) is 23.1 Å². The van der Waals surface area contributed by atoms with Gasteiger partial charge in [0.25, 0.3) is 5.91 Å². The van der Waals surface area contributed by atoms with Crippen molar-refractivity contribution in [2.75, 3.05) is 19.8 Å². The average Bonchev–Trinajstić information content (AvgIpc) is 3.24. The second kappa shape index (κ2) is 7.96. The standard InChI is InChI=1S/C23H25N3O5/c1-4-31-17-11-14(5-6-15(17)28)22-19-20(18-13(3)9-12(2)10-16(18)29)24-25-21(19)23(30)26(22)7-8-27/h5-6,9-11,22,27-29H,4,7-8H2,1-3H3,(H,24,25). The molecule has 0 spiro atoms. The van der Waals surface area contributed by atoms with Crippen LogP contribution in [0.1, 0.15) is 45.7 Å². The van der Waals surface area contributed by atoms with Gasteiger partial charge >= 0.3 is 0 Å². The number of aromatic nitrogens is 2. The van der Waals surface area contributed by atoms with Crippen molar-refractivity contribution in [2.45, 2.75) is 26.8 Å². The second-order valence-electron chi connectivity index (χ2n) is 7.62. The summed E-state index contributed by atoms with van der Waals surface area (Å²) in [6.45, 7) is 5.88. The Bertz CT molecular complexity index is 1130. The van der Waals surface area contributed by atoms with E-state index in [9.17, 15) is 20.1 Å². The van der Waals surface area contributed by atoms with Crippen molar-refractivity contribution in [1.82, 2.24) is 15.1 Å². The van der Waals surface area contributed by atoms with E-state index in [4.69, 9.17) is 4.74 Å². The highest BCUT2D eigenvalue weighted by Crippen LogP contribution is 2.46. The Morgan fingerprint density at radius 1 is 1.16 bits per heavy atom. The smallest absolute Gasteiger partial charge is 0.273 e. The Morgan fingerprint density at radius 2 is 1.94 bits per heavy atom. The number of ether oxygens (including phenoxy) is 1. The number of nitrogens with one attached hydrogen (secondary N) is 1. The molecule has 0 radical (unpaired) electrons. The van der Waals surface area contributed by atoms with Gasteiger partial charge in [0.05, 0.1) is 19.3 Å². The summed E-state index contributed by atoms with van der Waals surface area (Å²) in [6, 6.07) is 7.97. The lowest BCUT2D eigenvalue weighted by atomic mass is 9.93. The van der Waals surface area contributed by atoms with E-state index < -0.39 is 6.04 Å². The first kappa shape index (κ1) is 20.7. The Morgan fingerprint density at radius 3 is 2.61 bits per heavy atom. The van der Waals surface area contributed by atoms with Gasteiger partial charge in [0.15, 0.2) is 11.5 Å². The predicted molar refractivity (Wildman–Crippen MR) is 114 cm³/mol. The predicted octanol–water partition coefficient (Wildman–Crippen LogP) is 3.04. The van der Waals surface area contributed by atoms with Crippen LogP contribution in [0.5, 0.6) is 17.2 Å². The lowest BCUT2D eigenvalue weighted by Crippen LogP contribution is -2.32. The van der Waals surface area contributed by atoms with E-state index in [0.29, 0.717) is 40.4 Å². The molecule has 162 valence electrons. The van der Waals surface area contributed by atoms with E-state index in [1.807, 2.05) is 26.8 Å². The van der Waals surface area contributed by atoms with Crippen LogP contribution in [-0.2, 0) is 0 Å². The van der Waals surface area contributed by atoms with Crippen molar-refractivity contribution in [3.63, 3.8) is 0 Å². The van der Waals surface area contributed by atoms with Gasteiger partial charge in [-0.2, -0.15) is 5.10 Å². The molecule has 31 heavy (non-hydrogen) atoms. The molecule has 1 unspecified atom stereocenters. The van der Waals surface area contributed by atoms with Crippen LogP contribution in [0.4, 0.5) is 0 Å². The Labute approximate surface area is 179 Å². The molecule has 2 aromatic carbocycles. The molecular weight excluding hydrogens is 398 g/mol. The Hall–Kier alpha value is -3.52. The number of rotatable bonds is 6. The number of benzene rings is 2. The van der Waals surface area contributed by atoms with Gasteiger partial charge < -0.3 is 25.0 Å². The van der Waals surface area contributed by atoms with E-state index in [2.05, 4.69) is 10.2 Å². The number of carbonyl (C=O) groups is 1. The molecule has 1 aliphatic heterocycles. The molecule has 4 N–H and O–H groups in total. The van der Waals surface area contributed by atoms with E-state index in [-0.39, 0.29) is 30.6 Å². The van der Waals surface area contributed by atoms with Crippen LogP contribution in [0.15, 0.2) is 30.3 Å². The first-order chi connectivity index (χ1) is 14.9. The van der Waals surface area contributed by atoms with Crippen molar-refractivity contribution in [3.05, 3.63) is 58.3 Å². The summed E-state index contributed by atoms with van der Waals surface area (Å²) in [5.41, 5.74) is 4.42. The number of phenols is 2. The molecule has 1 atom stereocenters. The summed E-state index contributed by atoms with van der Waals surface area (Å²) in [5, 5.41) is 37.6. The summed E-state index contributed by atoms with van der Waals surface area (Å²) in [6.07, 6.45) is 0. The van der Waals surface area contributed by atoms with Crippen LogP contribution < -0.4 is 4.74 Å². The van der Waals surface area contributed by atoms with Crippen molar-refractivity contribution >= 4 is 5.91 Å². The third-order valence-corrected chi connectivity index (χ3v) is 5.50. The fraction of sp³-hybridized carbons (Fsp3) is 0.304. The highest BCUT2D eigenvalue weighted by Gasteiger charge is 2.42. The van der Waals surface area contributed by atoms with Gasteiger partial charge in [-0.05, 0) is 55.7 Å². The summed E-state index contributed by atoms with van der Waals surface area (Å²) >= 11 is 0. The van der Waals surface area contributed by atoms with Crippen LogP contribution in [0.3, 0.4) is 0 Å². The quantitative estimate of drug-likeness (QED) is 0.484. The molecule has 0 saturated heterocycles. The number of aliphatic hydroxyl groups is 1. The molecule has 0 saturated carbocycles. The summed E-state index contributed by atoms with van der Waals surface area (Å²) in [4.78, 5) is 14.7. The lowest BCUT2D eigenvalue weighted by Gasteiger charge is -2.26. The minimum Gasteiger partial charge on any atom is -0.507 e. The molecule has 1 aromatic heterocycles. The number of aryl methyl sites for hydroxylation is 2.